The van der Waals surface area contributed by atoms with Crippen LogP contribution in [0.5, 0.6) is 0 Å². The third-order valence-corrected chi connectivity index (χ3v) is 12.0. The van der Waals surface area contributed by atoms with Crippen molar-refractivity contribution in [2.24, 2.45) is 0 Å². The Morgan fingerprint density at radius 1 is 0.789 bits per heavy atom. The molecule has 0 saturated heterocycles. The first-order valence-electron chi connectivity index (χ1n) is 18.8. The van der Waals surface area contributed by atoms with E-state index in [1.807, 2.05) is 31.5 Å². The van der Waals surface area contributed by atoms with Gasteiger partial charge in [0.1, 0.15) is 5.69 Å². The molecule has 0 atom stereocenters. The molecule has 57 heavy (non-hydrogen) atoms. The van der Waals surface area contributed by atoms with E-state index >= 15 is 0 Å². The van der Waals surface area contributed by atoms with Crippen molar-refractivity contribution in [3.05, 3.63) is 131 Å². The minimum atomic E-state index is -4.57. The normalized spacial score (nSPS) is 12.0. The second-order valence-electron chi connectivity index (χ2n) is 15.9. The summed E-state index contributed by atoms with van der Waals surface area (Å²) in [6.07, 6.45) is -0.734. The van der Waals surface area contributed by atoms with Crippen molar-refractivity contribution in [1.29, 1.82) is 0 Å². The van der Waals surface area contributed by atoms with Gasteiger partial charge in [-0.3, -0.25) is 9.97 Å². The summed E-state index contributed by atoms with van der Waals surface area (Å²) >= 11 is 0. The van der Waals surface area contributed by atoms with Gasteiger partial charge in [0.05, 0.1) is 36.7 Å². The van der Waals surface area contributed by atoms with Gasteiger partial charge in [-0.25, -0.2) is 4.98 Å². The molecule has 0 bridgehead atoms. The van der Waals surface area contributed by atoms with Gasteiger partial charge in [0.2, 0.25) is 5.71 Å². The Hall–Kier alpha value is -4.96. The monoisotopic (exact) mass is 960 g/mol. The van der Waals surface area contributed by atoms with Crippen LogP contribution in [0.4, 0.5) is 13.2 Å². The van der Waals surface area contributed by atoms with E-state index in [0.29, 0.717) is 27.7 Å². The molecule has 3 aromatic carbocycles. The molecule has 5 aromatic heterocycles. The number of nitrogens with zero attached hydrogens (tertiary/aromatic N) is 5. The van der Waals surface area contributed by atoms with E-state index in [9.17, 15) is 13.2 Å². The molecule has 0 spiro atoms. The Labute approximate surface area is 346 Å². The van der Waals surface area contributed by atoms with Crippen LogP contribution < -0.4 is 5.19 Å². The fourth-order valence-corrected chi connectivity index (χ4v) is 7.88. The summed E-state index contributed by atoms with van der Waals surface area (Å²) in [5.41, 5.74) is 8.87. The number of hydrogen-bond donors (Lipinski definition) is 0. The van der Waals surface area contributed by atoms with Crippen molar-refractivity contribution < 1.29 is 37.7 Å². The number of pyridine rings is 3. The topological polar surface area (TPSA) is 69.6 Å². The molecule has 0 saturated carbocycles. The van der Waals surface area contributed by atoms with Gasteiger partial charge in [-0.05, 0) is 59.0 Å². The van der Waals surface area contributed by atoms with Gasteiger partial charge in [0.15, 0.2) is 0 Å². The van der Waals surface area contributed by atoms with Gasteiger partial charge >= 0.3 is 6.18 Å². The maximum Gasteiger partial charge on any atom is 0.433 e. The summed E-state index contributed by atoms with van der Waals surface area (Å²) in [5, 5.41) is 2.54. The SMILES string of the molecule is Cc1c[c-]c(-c2ccc([Si](C)(C)C)cn2)cc1.Cc1cc2nc(-c3[c-]ccc4c3oc3nc(C(F)(F)F)ccc34)n(-c3c(C(C)C)cccc3C(C)C)c2cn1.[Ir]. The third-order valence-electron chi connectivity index (χ3n) is 9.93. The molecule has 0 aliphatic heterocycles. The van der Waals surface area contributed by atoms with E-state index in [-0.39, 0.29) is 37.7 Å². The fourth-order valence-electron chi connectivity index (χ4n) is 6.85. The van der Waals surface area contributed by atoms with E-state index in [4.69, 9.17) is 9.40 Å². The van der Waals surface area contributed by atoms with Crippen LogP contribution in [-0.2, 0) is 26.3 Å². The molecule has 6 nitrogen and oxygen atoms in total. The quantitative estimate of drug-likeness (QED) is 0.123. The number of rotatable bonds is 6. The van der Waals surface area contributed by atoms with E-state index in [2.05, 4.69) is 128 Å². The second kappa shape index (κ2) is 16.1. The number of halogens is 3. The van der Waals surface area contributed by atoms with E-state index < -0.39 is 19.9 Å². The summed E-state index contributed by atoms with van der Waals surface area (Å²) in [4.78, 5) is 17.9. The summed E-state index contributed by atoms with van der Waals surface area (Å²) < 4.78 is 48.3. The first-order valence-corrected chi connectivity index (χ1v) is 22.3. The Balaban J connectivity index is 0.000000256. The number of aryl methyl sites for hydroxylation is 2. The van der Waals surface area contributed by atoms with Crippen LogP contribution in [0.15, 0.2) is 95.7 Å². The molecular weight excluding hydrogens is 916 g/mol. The zero-order valence-corrected chi connectivity index (χ0v) is 36.8. The molecule has 5 heterocycles. The molecule has 0 N–H and O–H groups in total. The number of para-hydroxylation sites is 1. The summed E-state index contributed by atoms with van der Waals surface area (Å²) in [6.45, 7) is 19.6. The van der Waals surface area contributed by atoms with Gasteiger partial charge in [-0.15, -0.1) is 53.6 Å². The molecule has 8 aromatic rings. The molecule has 0 aliphatic rings. The minimum absolute atomic E-state index is 0. The van der Waals surface area contributed by atoms with Crippen LogP contribution in [0.3, 0.4) is 0 Å². The zero-order valence-electron chi connectivity index (χ0n) is 33.4. The van der Waals surface area contributed by atoms with Crippen molar-refractivity contribution in [3.8, 4) is 28.3 Å². The molecule has 1 radical (unpaired) electrons. The fraction of sp³-hybridized carbons (Fsp3) is 0.261. The third kappa shape index (κ3) is 8.38. The minimum Gasteiger partial charge on any atom is -0.486 e. The van der Waals surface area contributed by atoms with Crippen LogP contribution >= 0.6 is 0 Å². The number of imidazole rings is 1. The van der Waals surface area contributed by atoms with Gasteiger partial charge in [-0.2, -0.15) is 13.2 Å². The smallest absolute Gasteiger partial charge is 0.433 e. The van der Waals surface area contributed by atoms with Gasteiger partial charge in [0.25, 0.3) is 0 Å². The largest absolute Gasteiger partial charge is 0.486 e. The molecule has 295 valence electrons. The Morgan fingerprint density at radius 2 is 1.51 bits per heavy atom. The maximum absolute atomic E-state index is 13.4. The Bertz CT molecular complexity index is 2670. The molecule has 0 amide bonds. The van der Waals surface area contributed by atoms with E-state index in [1.54, 1.807) is 12.1 Å². The number of benzene rings is 3. The summed E-state index contributed by atoms with van der Waals surface area (Å²) in [5.74, 6) is 1.02. The first kappa shape index (κ1) is 41.7. The molecule has 0 aliphatic carbocycles. The second-order valence-corrected chi connectivity index (χ2v) is 21.0. The van der Waals surface area contributed by atoms with Crippen LogP contribution in [0.2, 0.25) is 19.6 Å². The van der Waals surface area contributed by atoms with Crippen molar-refractivity contribution >= 4 is 46.4 Å². The standard InChI is InChI=1S/C31H26F3N4O.C15H18NSi.Ir/c1-16(2)19-8-6-9-20(17(3)4)27(19)38-25-15-35-18(5)14-24(25)36-29(38)23-11-7-10-21-22-12-13-26(31(32,33)34)37-30(22)39-28(21)23;1-12-5-7-13(8-6-12)15-10-9-14(11-16-15)17(2,3)4;/h6-10,12-17H,1-5H3;5-7,9-11H,1-4H3;/q2*-1;. The number of alkyl halides is 3. The van der Waals surface area contributed by atoms with E-state index in [1.165, 1.54) is 16.8 Å². The maximum atomic E-state index is 13.4. The average Bonchev–Trinajstić information content (AvgIpc) is 3.72. The molecular formula is C46H44F3IrN5OSi-2. The predicted molar refractivity (Wildman–Crippen MR) is 222 cm³/mol. The van der Waals surface area contributed by atoms with Crippen LogP contribution in [0.25, 0.3) is 61.4 Å². The number of aromatic nitrogens is 5. The van der Waals surface area contributed by atoms with Gasteiger partial charge in [-0.1, -0.05) is 95.5 Å². The van der Waals surface area contributed by atoms with Gasteiger partial charge < -0.3 is 14.0 Å². The molecule has 0 fully saturated rings. The van der Waals surface area contributed by atoms with Crippen molar-refractivity contribution in [2.75, 3.05) is 0 Å². The van der Waals surface area contributed by atoms with Crippen LogP contribution in [0.1, 0.15) is 67.6 Å². The summed E-state index contributed by atoms with van der Waals surface area (Å²) in [7, 11) is -1.24. The summed E-state index contributed by atoms with van der Waals surface area (Å²) in [6, 6.07) is 31.2. The van der Waals surface area contributed by atoms with Crippen molar-refractivity contribution in [2.45, 2.75) is 79.2 Å². The number of hydrogen-bond acceptors (Lipinski definition) is 5. The van der Waals surface area contributed by atoms with Crippen LogP contribution in [0, 0.1) is 26.0 Å². The zero-order chi connectivity index (χ0) is 40.1. The van der Waals surface area contributed by atoms with Crippen LogP contribution in [-0.4, -0.2) is 32.6 Å². The number of furan rings is 1. The Morgan fingerprint density at radius 3 is 2.11 bits per heavy atom. The van der Waals surface area contributed by atoms with Gasteiger partial charge in [0, 0.05) is 43.1 Å². The average molecular weight is 960 g/mol. The first-order chi connectivity index (χ1) is 26.5. The van der Waals surface area contributed by atoms with Crippen molar-refractivity contribution in [3.63, 3.8) is 0 Å². The number of fused-ring (bicyclic) bond motifs is 4. The Kier molecular flexibility index (Phi) is 11.8. The van der Waals surface area contributed by atoms with E-state index in [0.717, 1.165) is 50.9 Å². The molecule has 8 rings (SSSR count). The van der Waals surface area contributed by atoms with Crippen molar-refractivity contribution in [1.82, 2.24) is 24.5 Å². The molecule has 11 heteroatoms. The predicted octanol–water partition coefficient (Wildman–Crippen LogP) is 12.2. The molecule has 0 unspecified atom stereocenters.